The van der Waals surface area contributed by atoms with E-state index >= 15 is 0 Å². The number of nitrogens with one attached hydrogen (secondary N) is 2. The normalized spacial score (nSPS) is 13.6. The summed E-state index contributed by atoms with van der Waals surface area (Å²) in [5.74, 6) is 0.523. The minimum absolute atomic E-state index is 0.0273. The smallest absolute Gasteiger partial charge is 0.225 e. The maximum atomic E-state index is 4.91. The van der Waals surface area contributed by atoms with E-state index < -0.39 is 0 Å². The first-order chi connectivity index (χ1) is 20.7. The van der Waals surface area contributed by atoms with Crippen LogP contribution in [0.3, 0.4) is 0 Å². The molecule has 0 saturated heterocycles. The van der Waals surface area contributed by atoms with E-state index in [4.69, 9.17) is 9.98 Å². The number of rotatable bonds is 19. The molecule has 0 radical (unpaired) electrons. The fourth-order valence-electron chi connectivity index (χ4n) is 3.72. The first-order valence-corrected chi connectivity index (χ1v) is 15.2. The Morgan fingerprint density at radius 2 is 1.52 bits per heavy atom. The molecule has 240 valence electrons. The number of hydrogen-bond acceptors (Lipinski definition) is 4. The third-order valence-corrected chi connectivity index (χ3v) is 6.71. The van der Waals surface area contributed by atoms with Crippen LogP contribution < -0.4 is 10.6 Å². The zero-order chi connectivity index (χ0) is 33.8. The topological polar surface area (TPSA) is 64.4 Å². The van der Waals surface area contributed by atoms with E-state index in [0.29, 0.717) is 36.9 Å². The first kappa shape index (κ1) is 39.8. The molecule has 0 rings (SSSR count). The van der Waals surface area contributed by atoms with Crippen molar-refractivity contribution in [3.8, 4) is 0 Å². The van der Waals surface area contributed by atoms with Crippen LogP contribution in [0.1, 0.15) is 74.7 Å². The van der Waals surface area contributed by atoms with Crippen molar-refractivity contribution >= 4 is 17.4 Å². The highest BCUT2D eigenvalue weighted by Crippen LogP contribution is 2.16. The van der Waals surface area contributed by atoms with Gasteiger partial charge in [-0.15, -0.1) is 6.58 Å². The van der Waals surface area contributed by atoms with E-state index in [9.17, 15) is 0 Å². The Hall–Kier alpha value is -4.19. The predicted octanol–water partition coefficient (Wildman–Crippen LogP) is 9.17. The lowest BCUT2D eigenvalue weighted by Gasteiger charge is -2.23. The number of likely N-dealkylation sites (N-methyl/N-ethyl adjacent to an activating group) is 1. The molecule has 44 heavy (non-hydrogen) atoms. The molecule has 1 atom stereocenters. The van der Waals surface area contributed by atoms with Crippen molar-refractivity contribution in [1.29, 1.82) is 0 Å². The zero-order valence-corrected chi connectivity index (χ0v) is 29.1. The Balaban J connectivity index is 5.72. The summed E-state index contributed by atoms with van der Waals surface area (Å²) in [7, 11) is 1.94. The van der Waals surface area contributed by atoms with E-state index in [2.05, 4.69) is 95.8 Å². The summed E-state index contributed by atoms with van der Waals surface area (Å²) in [5, 5.41) is 6.92. The van der Waals surface area contributed by atoms with Crippen molar-refractivity contribution in [1.82, 2.24) is 15.5 Å². The van der Waals surface area contributed by atoms with Crippen LogP contribution in [0.2, 0.25) is 0 Å². The lowest BCUT2D eigenvalue weighted by Crippen LogP contribution is -2.34. The van der Waals surface area contributed by atoms with Crippen molar-refractivity contribution in [2.75, 3.05) is 20.1 Å². The van der Waals surface area contributed by atoms with E-state index in [0.717, 1.165) is 46.8 Å². The van der Waals surface area contributed by atoms with Gasteiger partial charge in [0, 0.05) is 61.0 Å². The van der Waals surface area contributed by atoms with Crippen LogP contribution in [0.15, 0.2) is 136 Å². The summed E-state index contributed by atoms with van der Waals surface area (Å²) in [4.78, 5) is 16.2. The number of hydrogen-bond donors (Lipinski definition) is 2. The summed E-state index contributed by atoms with van der Waals surface area (Å²) >= 11 is 0. The third kappa shape index (κ3) is 16.4. The standard InChI is InChI=1S/C38H58N6/c1-16-20-37(34(14)42-33(13)31(11)22-23-35(18-3)19-4)43-38(41-28(7)8)44(15)26-32(12)39-25-29(9)21-24-36(30(10)17-2)40-27(5)6/h16,18-19,21-23,33,39,42H,1,3-4,7,12,14,17,20,24-26H2,2,5-6,8-11,13,15H3/b29-21?,31-22+,36-30+,41-38?,43-37+. The minimum atomic E-state index is 0.0273. The zero-order valence-electron chi connectivity index (χ0n) is 29.1. The van der Waals surface area contributed by atoms with Gasteiger partial charge in [0.25, 0.3) is 0 Å². The van der Waals surface area contributed by atoms with Gasteiger partial charge in [0.1, 0.15) is 0 Å². The van der Waals surface area contributed by atoms with Gasteiger partial charge in [-0.3, -0.25) is 4.99 Å². The monoisotopic (exact) mass is 598 g/mol. The predicted molar refractivity (Wildman–Crippen MR) is 198 cm³/mol. The number of aliphatic imine (C=N–C) groups is 3. The van der Waals surface area contributed by atoms with E-state index in [1.807, 2.05) is 50.9 Å². The Morgan fingerprint density at radius 3 is 2.05 bits per heavy atom. The van der Waals surface area contributed by atoms with Gasteiger partial charge in [-0.25, -0.2) is 9.98 Å². The maximum absolute atomic E-state index is 4.91. The van der Waals surface area contributed by atoms with E-state index in [-0.39, 0.29) is 6.04 Å². The van der Waals surface area contributed by atoms with Crippen molar-refractivity contribution in [2.45, 2.75) is 80.7 Å². The maximum Gasteiger partial charge on any atom is 0.225 e. The molecule has 0 aromatic rings. The number of guanidine groups is 1. The second-order valence-corrected chi connectivity index (χ2v) is 11.2. The van der Waals surface area contributed by atoms with Gasteiger partial charge in [-0.2, -0.15) is 0 Å². The SMILES string of the molecule is C=CC/C(=N\C(=NC(=C)C)N(C)CC(=C)NCC(C)=CC/C(N=C(C)C)=C(/C)CC)C(=C)NC(C)/C(C)=C/C=C(C=C)C=C. The highest BCUT2D eigenvalue weighted by molar-refractivity contribution is 6.07. The van der Waals surface area contributed by atoms with Crippen LogP contribution in [-0.2, 0) is 0 Å². The first-order valence-electron chi connectivity index (χ1n) is 15.2. The largest absolute Gasteiger partial charge is 0.384 e. The van der Waals surface area contributed by atoms with Crippen molar-refractivity contribution in [3.63, 3.8) is 0 Å². The molecule has 0 amide bonds. The van der Waals surface area contributed by atoms with E-state index in [1.54, 1.807) is 12.2 Å². The van der Waals surface area contributed by atoms with Gasteiger partial charge >= 0.3 is 0 Å². The Morgan fingerprint density at radius 1 is 0.886 bits per heavy atom. The summed E-state index contributed by atoms with van der Waals surface area (Å²) < 4.78 is 0. The van der Waals surface area contributed by atoms with Crippen LogP contribution in [0.4, 0.5) is 0 Å². The van der Waals surface area contributed by atoms with E-state index in [1.165, 1.54) is 11.1 Å². The second-order valence-electron chi connectivity index (χ2n) is 11.2. The average molecular weight is 599 g/mol. The van der Waals surface area contributed by atoms with Gasteiger partial charge in [-0.1, -0.05) is 93.0 Å². The van der Waals surface area contributed by atoms with Crippen LogP contribution in [-0.4, -0.2) is 48.5 Å². The lowest BCUT2D eigenvalue weighted by atomic mass is 10.1. The molecular weight excluding hydrogens is 540 g/mol. The molecule has 0 aliphatic heterocycles. The Bertz CT molecular complexity index is 1260. The second kappa shape index (κ2) is 21.5. The van der Waals surface area contributed by atoms with Crippen molar-refractivity contribution in [3.05, 3.63) is 121 Å². The minimum Gasteiger partial charge on any atom is -0.384 e. The van der Waals surface area contributed by atoms with Gasteiger partial charge in [0.2, 0.25) is 5.96 Å². The highest BCUT2D eigenvalue weighted by Gasteiger charge is 2.13. The molecule has 6 heteroatoms. The summed E-state index contributed by atoms with van der Waals surface area (Å²) in [6, 6.07) is 0.0273. The molecule has 0 aromatic carbocycles. The molecule has 0 aromatic heterocycles. The van der Waals surface area contributed by atoms with Gasteiger partial charge < -0.3 is 15.5 Å². The molecule has 0 heterocycles. The average Bonchev–Trinajstić information content (AvgIpc) is 2.96. The molecule has 0 fully saturated rings. The summed E-state index contributed by atoms with van der Waals surface area (Å²) in [6.45, 7) is 41.8. The summed E-state index contributed by atoms with van der Waals surface area (Å²) in [5.41, 5.74) is 9.80. The van der Waals surface area contributed by atoms with Crippen LogP contribution in [0, 0.1) is 0 Å². The molecule has 0 bridgehead atoms. The Kier molecular flexibility index (Phi) is 19.4. The van der Waals surface area contributed by atoms with Crippen molar-refractivity contribution < 1.29 is 0 Å². The van der Waals surface area contributed by atoms with Crippen LogP contribution >= 0.6 is 0 Å². The molecule has 6 nitrogen and oxygen atoms in total. The van der Waals surface area contributed by atoms with Gasteiger partial charge in [0.15, 0.2) is 0 Å². The molecule has 0 aliphatic carbocycles. The molecule has 2 N–H and O–H groups in total. The van der Waals surface area contributed by atoms with Gasteiger partial charge in [-0.05, 0) is 60.5 Å². The summed E-state index contributed by atoms with van der Waals surface area (Å²) in [6.07, 6.45) is 14.0. The van der Waals surface area contributed by atoms with Crippen molar-refractivity contribution in [2.24, 2.45) is 15.0 Å². The highest BCUT2D eigenvalue weighted by atomic mass is 15.3. The molecule has 0 spiro atoms. The fraction of sp³-hybridized carbons (Fsp3) is 0.395. The molecule has 0 aliphatic rings. The lowest BCUT2D eigenvalue weighted by molar-refractivity contribution is 0.525. The quantitative estimate of drug-likeness (QED) is 0.0674. The third-order valence-electron chi connectivity index (χ3n) is 6.71. The number of allylic oxidation sites excluding steroid dienone is 10. The number of nitrogens with zero attached hydrogens (tertiary/aromatic N) is 4. The van der Waals surface area contributed by atoms with Gasteiger partial charge in [0.05, 0.1) is 12.3 Å². The molecule has 1 unspecified atom stereocenters. The van der Waals surface area contributed by atoms with Crippen LogP contribution in [0.25, 0.3) is 0 Å². The molecule has 0 saturated carbocycles. The Labute approximate surface area is 269 Å². The molecular formula is C38H58N6. The van der Waals surface area contributed by atoms with Crippen LogP contribution in [0.5, 0.6) is 0 Å². The fourth-order valence-corrected chi connectivity index (χ4v) is 3.72.